The number of hydrogen-bond acceptors (Lipinski definition) is 4. The smallest absolute Gasteiger partial charge is 0.354 e. The predicted octanol–water partition coefficient (Wildman–Crippen LogP) is 8.42. The average Bonchev–Trinajstić information content (AvgIpc) is 3.07. The van der Waals surface area contributed by atoms with Crippen LogP contribution in [0.3, 0.4) is 0 Å². The van der Waals surface area contributed by atoms with E-state index in [-0.39, 0.29) is 27.9 Å². The number of amides is 2. The van der Waals surface area contributed by atoms with E-state index in [0.29, 0.717) is 34.5 Å². The van der Waals surface area contributed by atoms with Gasteiger partial charge in [-0.25, -0.2) is 8.42 Å². The summed E-state index contributed by atoms with van der Waals surface area (Å²) in [6.45, 7) is 1.12. The van der Waals surface area contributed by atoms with Crippen molar-refractivity contribution in [3.63, 3.8) is 0 Å². The van der Waals surface area contributed by atoms with Gasteiger partial charge in [-0.05, 0) is 60.0 Å². The Morgan fingerprint density at radius 2 is 1.45 bits per heavy atom. The van der Waals surface area contributed by atoms with Crippen LogP contribution in [0.1, 0.15) is 36.5 Å². The Morgan fingerprint density at radius 1 is 0.816 bits per heavy atom. The number of nitrogens with zero attached hydrogens (tertiary/aromatic N) is 2. The lowest BCUT2D eigenvalue weighted by Crippen LogP contribution is -2.53. The quantitative estimate of drug-likeness (QED) is 0.131. The Kier molecular flexibility index (Phi) is 13.0. The van der Waals surface area contributed by atoms with E-state index in [1.807, 2.05) is 6.92 Å². The molecule has 1 N–H and O–H groups in total. The zero-order valence-corrected chi connectivity index (χ0v) is 29.3. The van der Waals surface area contributed by atoms with Crippen LogP contribution in [0.25, 0.3) is 0 Å². The molecule has 0 aliphatic carbocycles. The first kappa shape index (κ1) is 38.0. The number of benzene rings is 4. The van der Waals surface area contributed by atoms with Gasteiger partial charge in [0.15, 0.2) is 0 Å². The Bertz CT molecular complexity index is 1860. The van der Waals surface area contributed by atoms with Crippen molar-refractivity contribution in [1.82, 2.24) is 10.2 Å². The van der Waals surface area contributed by atoms with Crippen LogP contribution < -0.4 is 9.62 Å². The number of nitrogens with one attached hydrogen (secondary N) is 1. The molecule has 7 nitrogen and oxygen atoms in total. The first-order valence-corrected chi connectivity index (χ1v) is 17.8. The summed E-state index contributed by atoms with van der Waals surface area (Å²) in [4.78, 5) is 29.3. The number of sulfonamides is 1. The highest BCUT2D eigenvalue weighted by molar-refractivity contribution is 7.92. The van der Waals surface area contributed by atoms with E-state index >= 15 is 0 Å². The Morgan fingerprint density at radius 3 is 2.06 bits per heavy atom. The van der Waals surface area contributed by atoms with Gasteiger partial charge in [0.1, 0.15) is 12.6 Å². The molecule has 0 bridgehead atoms. The Balaban J connectivity index is 1.86. The summed E-state index contributed by atoms with van der Waals surface area (Å²) in [5, 5.41) is 2.66. The van der Waals surface area contributed by atoms with E-state index in [2.05, 4.69) is 5.32 Å². The van der Waals surface area contributed by atoms with E-state index in [0.717, 1.165) is 18.6 Å². The molecular weight excluding hydrogens is 722 g/mol. The highest BCUT2D eigenvalue weighted by Crippen LogP contribution is 2.38. The molecule has 14 heteroatoms. The van der Waals surface area contributed by atoms with Gasteiger partial charge < -0.3 is 10.2 Å². The van der Waals surface area contributed by atoms with Crippen molar-refractivity contribution in [2.45, 2.75) is 49.8 Å². The molecule has 0 spiro atoms. The molecule has 0 fully saturated rings. The molecule has 0 saturated carbocycles. The van der Waals surface area contributed by atoms with E-state index in [1.54, 1.807) is 42.5 Å². The van der Waals surface area contributed by atoms with Crippen LogP contribution >= 0.6 is 34.8 Å². The SMILES string of the molecule is CCCCNC(=O)[C@@H](Cc1ccccc1)N(Cc1ccc(Cl)c(Cl)c1)C(=O)CN(c1ccc(Cl)c(C(F)(F)F)c1)S(=O)(=O)c1ccccc1. The molecule has 260 valence electrons. The Hall–Kier alpha value is -3.77. The third-order valence-electron chi connectivity index (χ3n) is 7.59. The van der Waals surface area contributed by atoms with Crippen LogP contribution in [0.15, 0.2) is 102 Å². The summed E-state index contributed by atoms with van der Waals surface area (Å²) in [5.74, 6) is -1.35. The summed E-state index contributed by atoms with van der Waals surface area (Å²) in [5.41, 5.74) is -0.537. The molecule has 1 atom stereocenters. The zero-order valence-electron chi connectivity index (χ0n) is 26.3. The highest BCUT2D eigenvalue weighted by atomic mass is 35.5. The van der Waals surface area contributed by atoms with Crippen LogP contribution in [0.4, 0.5) is 18.9 Å². The number of halogens is 6. The van der Waals surface area contributed by atoms with Crippen LogP contribution in [0.2, 0.25) is 15.1 Å². The number of hydrogen-bond donors (Lipinski definition) is 1. The van der Waals surface area contributed by atoms with Crippen LogP contribution in [-0.4, -0.2) is 44.3 Å². The zero-order chi connectivity index (χ0) is 35.8. The van der Waals surface area contributed by atoms with Crippen molar-refractivity contribution in [3.05, 3.63) is 129 Å². The van der Waals surface area contributed by atoms with Crippen molar-refractivity contribution in [3.8, 4) is 0 Å². The van der Waals surface area contributed by atoms with Crippen LogP contribution in [-0.2, 0) is 38.8 Å². The van der Waals surface area contributed by atoms with E-state index in [9.17, 15) is 31.2 Å². The largest absolute Gasteiger partial charge is 0.417 e. The summed E-state index contributed by atoms with van der Waals surface area (Å²) in [7, 11) is -4.63. The van der Waals surface area contributed by atoms with Gasteiger partial charge in [-0.15, -0.1) is 0 Å². The number of carbonyl (C=O) groups is 2. The predicted molar refractivity (Wildman–Crippen MR) is 186 cm³/mol. The molecular formula is C35H33Cl3F3N3O4S. The van der Waals surface area contributed by atoms with Crippen molar-refractivity contribution in [2.75, 3.05) is 17.4 Å². The summed E-state index contributed by atoms with van der Waals surface area (Å²) < 4.78 is 70.6. The van der Waals surface area contributed by atoms with Gasteiger partial charge in [0, 0.05) is 19.5 Å². The maximum Gasteiger partial charge on any atom is 0.417 e. The van der Waals surface area contributed by atoms with E-state index in [4.69, 9.17) is 34.8 Å². The van der Waals surface area contributed by atoms with E-state index in [1.165, 1.54) is 41.3 Å². The van der Waals surface area contributed by atoms with Gasteiger partial charge in [0.05, 0.1) is 31.2 Å². The van der Waals surface area contributed by atoms with Crippen molar-refractivity contribution in [1.29, 1.82) is 0 Å². The molecule has 49 heavy (non-hydrogen) atoms. The lowest BCUT2D eigenvalue weighted by molar-refractivity contribution is -0.140. The maximum atomic E-state index is 14.5. The topological polar surface area (TPSA) is 86.8 Å². The summed E-state index contributed by atoms with van der Waals surface area (Å²) >= 11 is 18.3. The fourth-order valence-electron chi connectivity index (χ4n) is 5.03. The fourth-order valence-corrected chi connectivity index (χ4v) is 7.00. The first-order valence-electron chi connectivity index (χ1n) is 15.2. The van der Waals surface area contributed by atoms with Gasteiger partial charge >= 0.3 is 6.18 Å². The second-order valence-electron chi connectivity index (χ2n) is 11.1. The van der Waals surface area contributed by atoms with Crippen molar-refractivity contribution >= 4 is 62.3 Å². The summed E-state index contributed by atoms with van der Waals surface area (Å²) in [6.07, 6.45) is -3.40. The highest BCUT2D eigenvalue weighted by Gasteiger charge is 2.37. The molecule has 0 aliphatic rings. The number of unbranched alkanes of at least 4 members (excludes halogenated alkanes) is 1. The van der Waals surface area contributed by atoms with Gasteiger partial charge in [0.25, 0.3) is 10.0 Å². The molecule has 0 unspecified atom stereocenters. The van der Waals surface area contributed by atoms with Gasteiger partial charge in [-0.1, -0.05) is 103 Å². The van der Waals surface area contributed by atoms with Crippen molar-refractivity contribution in [2.24, 2.45) is 0 Å². The molecule has 4 aromatic rings. The number of carbonyl (C=O) groups excluding carboxylic acids is 2. The minimum Gasteiger partial charge on any atom is -0.354 e. The van der Waals surface area contributed by atoms with Gasteiger partial charge in [0.2, 0.25) is 11.8 Å². The number of alkyl halides is 3. The number of anilines is 1. The Labute approximate surface area is 298 Å². The second kappa shape index (κ2) is 16.8. The molecule has 2 amide bonds. The van der Waals surface area contributed by atoms with Crippen LogP contribution in [0.5, 0.6) is 0 Å². The maximum absolute atomic E-state index is 14.5. The van der Waals surface area contributed by atoms with Crippen LogP contribution in [0, 0.1) is 0 Å². The lowest BCUT2D eigenvalue weighted by Gasteiger charge is -2.34. The molecule has 0 radical (unpaired) electrons. The normalized spacial score (nSPS) is 12.3. The molecule has 4 rings (SSSR count). The molecule has 0 aromatic heterocycles. The van der Waals surface area contributed by atoms with Gasteiger partial charge in [-0.3, -0.25) is 13.9 Å². The molecule has 0 heterocycles. The standard InChI is InChI=1S/C35H33Cl3F3N3O4S/c1-2-3-18-42-34(46)32(20-24-10-6-4-7-11-24)43(22-25-14-16-30(37)31(38)19-25)33(45)23-44(49(47,48)27-12-8-5-9-13-27)26-15-17-29(36)28(21-26)35(39,40)41/h4-17,19,21,32H,2-3,18,20,22-23H2,1H3,(H,42,46)/t32-/m1/s1. The fraction of sp³-hybridized carbons (Fsp3) is 0.257. The van der Waals surface area contributed by atoms with Crippen molar-refractivity contribution < 1.29 is 31.2 Å². The monoisotopic (exact) mass is 753 g/mol. The third-order valence-corrected chi connectivity index (χ3v) is 10.4. The summed E-state index contributed by atoms with van der Waals surface area (Å²) in [6, 6.07) is 22.0. The lowest BCUT2D eigenvalue weighted by atomic mass is 10.0. The molecule has 4 aromatic carbocycles. The minimum atomic E-state index is -4.92. The first-order chi connectivity index (χ1) is 23.2. The van der Waals surface area contributed by atoms with E-state index < -0.39 is 56.9 Å². The third kappa shape index (κ3) is 9.91. The number of rotatable bonds is 14. The average molecular weight is 755 g/mol. The molecule has 0 saturated heterocycles. The second-order valence-corrected chi connectivity index (χ2v) is 14.2. The van der Waals surface area contributed by atoms with Gasteiger partial charge in [-0.2, -0.15) is 13.2 Å². The minimum absolute atomic E-state index is 0.0520. The molecule has 0 aliphatic heterocycles.